The van der Waals surface area contributed by atoms with E-state index in [1.165, 1.54) is 18.4 Å². The summed E-state index contributed by atoms with van der Waals surface area (Å²) in [6.07, 6.45) is 1.19. The second-order valence-corrected chi connectivity index (χ2v) is 6.71. The molecule has 0 fully saturated rings. The van der Waals surface area contributed by atoms with Crippen LogP contribution >= 0.6 is 11.6 Å². The normalized spacial score (nSPS) is 13.6. The lowest BCUT2D eigenvalue weighted by molar-refractivity contribution is 0.559. The standard InChI is InChI=1S/C11H15ClFNO2S/c1-8(7-17(2,15)16)14-6-9-3-4-11(13)10(12)5-9/h3-5,8,14H,6-7H2,1-2H3. The molecule has 1 atom stereocenters. The SMILES string of the molecule is CC(CS(C)(=O)=O)NCc1ccc(F)c(Cl)c1. The molecule has 0 saturated carbocycles. The second kappa shape index (κ2) is 5.80. The van der Waals surface area contributed by atoms with E-state index in [0.717, 1.165) is 5.56 Å². The summed E-state index contributed by atoms with van der Waals surface area (Å²) in [5.74, 6) is -0.387. The molecule has 1 aromatic carbocycles. The van der Waals surface area contributed by atoms with Gasteiger partial charge in [0.2, 0.25) is 0 Å². The van der Waals surface area contributed by atoms with Crippen LogP contribution in [-0.2, 0) is 16.4 Å². The van der Waals surface area contributed by atoms with Crippen LogP contribution in [0.1, 0.15) is 12.5 Å². The smallest absolute Gasteiger partial charge is 0.148 e. The predicted molar refractivity (Wildman–Crippen MR) is 67.4 cm³/mol. The van der Waals surface area contributed by atoms with Crippen molar-refractivity contribution >= 4 is 21.4 Å². The van der Waals surface area contributed by atoms with E-state index in [4.69, 9.17) is 11.6 Å². The highest BCUT2D eigenvalue weighted by Crippen LogP contribution is 2.15. The minimum absolute atomic E-state index is 0.0695. The molecule has 1 unspecified atom stereocenters. The summed E-state index contributed by atoms with van der Waals surface area (Å²) in [5.41, 5.74) is 0.816. The monoisotopic (exact) mass is 279 g/mol. The van der Waals surface area contributed by atoms with Crippen LogP contribution in [0.4, 0.5) is 4.39 Å². The first-order valence-electron chi connectivity index (χ1n) is 5.13. The van der Waals surface area contributed by atoms with Gasteiger partial charge in [0.05, 0.1) is 10.8 Å². The molecule has 0 amide bonds. The van der Waals surface area contributed by atoms with Crippen molar-refractivity contribution in [2.75, 3.05) is 12.0 Å². The minimum Gasteiger partial charge on any atom is -0.309 e. The Bertz CT molecular complexity index is 490. The number of hydrogen-bond acceptors (Lipinski definition) is 3. The predicted octanol–water partition coefficient (Wildman–Crippen LogP) is 2.00. The summed E-state index contributed by atoms with van der Waals surface area (Å²) in [6.45, 7) is 2.24. The number of hydrogen-bond donors (Lipinski definition) is 1. The van der Waals surface area contributed by atoms with E-state index in [1.807, 2.05) is 0 Å². The van der Waals surface area contributed by atoms with E-state index in [1.54, 1.807) is 13.0 Å². The van der Waals surface area contributed by atoms with E-state index in [-0.39, 0.29) is 16.8 Å². The Morgan fingerprint density at radius 1 is 1.47 bits per heavy atom. The molecule has 0 saturated heterocycles. The molecule has 0 aliphatic heterocycles. The molecule has 1 N–H and O–H groups in total. The van der Waals surface area contributed by atoms with Gasteiger partial charge >= 0.3 is 0 Å². The van der Waals surface area contributed by atoms with Crippen molar-refractivity contribution in [3.8, 4) is 0 Å². The molecule has 0 aliphatic rings. The van der Waals surface area contributed by atoms with Gasteiger partial charge in [-0.2, -0.15) is 0 Å². The molecule has 0 radical (unpaired) electrons. The summed E-state index contributed by atoms with van der Waals surface area (Å²) in [5, 5.41) is 3.11. The van der Waals surface area contributed by atoms with E-state index >= 15 is 0 Å². The van der Waals surface area contributed by atoms with E-state index in [9.17, 15) is 12.8 Å². The summed E-state index contributed by atoms with van der Waals surface area (Å²) in [4.78, 5) is 0. The van der Waals surface area contributed by atoms with Crippen molar-refractivity contribution in [3.63, 3.8) is 0 Å². The maximum absolute atomic E-state index is 12.9. The van der Waals surface area contributed by atoms with Gasteiger partial charge in [-0.1, -0.05) is 17.7 Å². The molecule has 0 heterocycles. The summed E-state index contributed by atoms with van der Waals surface area (Å²) < 4.78 is 35.0. The van der Waals surface area contributed by atoms with Gasteiger partial charge < -0.3 is 5.32 Å². The highest BCUT2D eigenvalue weighted by molar-refractivity contribution is 7.90. The van der Waals surface area contributed by atoms with Crippen LogP contribution in [-0.4, -0.2) is 26.5 Å². The van der Waals surface area contributed by atoms with Gasteiger partial charge in [-0.25, -0.2) is 12.8 Å². The molecule has 0 aliphatic carbocycles. The third-order valence-corrected chi connectivity index (χ3v) is 3.59. The highest BCUT2D eigenvalue weighted by Gasteiger charge is 2.10. The molecule has 17 heavy (non-hydrogen) atoms. The maximum atomic E-state index is 12.9. The molecule has 0 bridgehead atoms. The van der Waals surface area contributed by atoms with Gasteiger partial charge in [0, 0.05) is 18.8 Å². The van der Waals surface area contributed by atoms with E-state index < -0.39 is 15.7 Å². The number of rotatable bonds is 5. The van der Waals surface area contributed by atoms with Crippen LogP contribution in [0.15, 0.2) is 18.2 Å². The fourth-order valence-corrected chi connectivity index (χ4v) is 2.68. The maximum Gasteiger partial charge on any atom is 0.148 e. The lowest BCUT2D eigenvalue weighted by Crippen LogP contribution is -2.32. The average Bonchev–Trinajstić information content (AvgIpc) is 2.17. The van der Waals surface area contributed by atoms with Gasteiger partial charge in [0.15, 0.2) is 0 Å². The Labute approximate surface area is 106 Å². The number of halogens is 2. The minimum atomic E-state index is -2.99. The van der Waals surface area contributed by atoms with Crippen molar-refractivity contribution < 1.29 is 12.8 Å². The Hall–Kier alpha value is -0.650. The molecule has 0 aromatic heterocycles. The molecule has 1 rings (SSSR count). The fraction of sp³-hybridized carbons (Fsp3) is 0.455. The molecule has 0 spiro atoms. The van der Waals surface area contributed by atoms with Crippen LogP contribution in [0, 0.1) is 5.82 Å². The molecule has 1 aromatic rings. The van der Waals surface area contributed by atoms with Crippen LogP contribution in [0.5, 0.6) is 0 Å². The Morgan fingerprint density at radius 3 is 2.65 bits per heavy atom. The number of sulfone groups is 1. The van der Waals surface area contributed by atoms with E-state index in [0.29, 0.717) is 6.54 Å². The van der Waals surface area contributed by atoms with Gasteiger partial charge in [-0.05, 0) is 24.6 Å². The van der Waals surface area contributed by atoms with Gasteiger partial charge in [0.25, 0.3) is 0 Å². The molecular formula is C11H15ClFNO2S. The largest absolute Gasteiger partial charge is 0.309 e. The Kier molecular flexibility index (Phi) is 4.91. The fourth-order valence-electron chi connectivity index (χ4n) is 1.45. The second-order valence-electron chi connectivity index (χ2n) is 4.12. The van der Waals surface area contributed by atoms with Crippen LogP contribution in [0.3, 0.4) is 0 Å². The number of benzene rings is 1. The first-order valence-corrected chi connectivity index (χ1v) is 7.57. The summed E-state index contributed by atoms with van der Waals surface area (Å²) in [6, 6.07) is 4.27. The average molecular weight is 280 g/mol. The highest BCUT2D eigenvalue weighted by atomic mass is 35.5. The van der Waals surface area contributed by atoms with Crippen LogP contribution in [0.2, 0.25) is 5.02 Å². The molecule has 6 heteroatoms. The van der Waals surface area contributed by atoms with Gasteiger partial charge in [0.1, 0.15) is 15.7 Å². The molecular weight excluding hydrogens is 265 g/mol. The molecule has 96 valence electrons. The summed E-state index contributed by atoms with van der Waals surface area (Å²) in [7, 11) is -2.99. The summed E-state index contributed by atoms with van der Waals surface area (Å²) >= 11 is 5.64. The molecule has 3 nitrogen and oxygen atoms in total. The zero-order valence-electron chi connectivity index (χ0n) is 9.70. The Morgan fingerprint density at radius 2 is 2.12 bits per heavy atom. The van der Waals surface area contributed by atoms with Crippen molar-refractivity contribution in [1.29, 1.82) is 0 Å². The van der Waals surface area contributed by atoms with Crippen molar-refractivity contribution in [3.05, 3.63) is 34.6 Å². The quantitative estimate of drug-likeness (QED) is 0.897. The topological polar surface area (TPSA) is 46.2 Å². The third kappa shape index (κ3) is 5.48. The van der Waals surface area contributed by atoms with E-state index in [2.05, 4.69) is 5.32 Å². The van der Waals surface area contributed by atoms with Crippen molar-refractivity contribution in [2.24, 2.45) is 0 Å². The van der Waals surface area contributed by atoms with Crippen LogP contribution < -0.4 is 5.32 Å². The first kappa shape index (κ1) is 14.4. The zero-order chi connectivity index (χ0) is 13.1. The first-order chi connectivity index (χ1) is 7.78. The third-order valence-electron chi connectivity index (χ3n) is 2.19. The lowest BCUT2D eigenvalue weighted by Gasteiger charge is -2.12. The van der Waals surface area contributed by atoms with Crippen molar-refractivity contribution in [2.45, 2.75) is 19.5 Å². The lowest BCUT2D eigenvalue weighted by atomic mass is 10.2. The zero-order valence-corrected chi connectivity index (χ0v) is 11.3. The van der Waals surface area contributed by atoms with Gasteiger partial charge in [-0.15, -0.1) is 0 Å². The Balaban J connectivity index is 2.53. The van der Waals surface area contributed by atoms with Crippen LogP contribution in [0.25, 0.3) is 0 Å². The van der Waals surface area contributed by atoms with Crippen molar-refractivity contribution in [1.82, 2.24) is 5.32 Å². The number of nitrogens with one attached hydrogen (secondary N) is 1. The van der Waals surface area contributed by atoms with Gasteiger partial charge in [-0.3, -0.25) is 0 Å².